The van der Waals surface area contributed by atoms with E-state index in [0.29, 0.717) is 0 Å². The van der Waals surface area contributed by atoms with Crippen LogP contribution < -0.4 is 64.4 Å². The molecule has 3 nitrogen and oxygen atoms in total. The van der Waals surface area contributed by atoms with Crippen molar-refractivity contribution in [1.82, 2.24) is 0 Å². The molecular weight excluding hydrogens is 106 g/mol. The molecule has 0 rings (SSSR count). The third-order valence-corrected chi connectivity index (χ3v) is 0.0393. The topological polar surface area (TPSA) is 49.4 Å². The van der Waals surface area contributed by atoms with E-state index in [1.807, 2.05) is 0 Å². The van der Waals surface area contributed by atoms with Crippen molar-refractivity contribution in [2.24, 2.45) is 0 Å². The average Bonchev–Trinajstić information content (AvgIpc) is 1.37. The first kappa shape index (κ1) is 15.7. The summed E-state index contributed by atoms with van der Waals surface area (Å²) in [5.74, 6) is 0. The zero-order chi connectivity index (χ0) is 3.41. The molecule has 0 heterocycles. The van der Waals surface area contributed by atoms with Crippen LogP contribution in [0.3, 0.4) is 0 Å². The predicted octanol–water partition coefficient (Wildman–Crippen LogP) is -7.44. The minimum Gasteiger partial charge on any atom is -1.00 e. The Labute approximate surface area is 81.0 Å². The fraction of sp³-hybridized carbons (Fsp3) is 0. The molecule has 0 aliphatic rings. The van der Waals surface area contributed by atoms with Gasteiger partial charge in [-0.1, -0.05) is 0 Å². The minimum atomic E-state index is -0.181. The van der Waals surface area contributed by atoms with Gasteiger partial charge in [-0.3, -0.25) is 4.79 Å². The number of carbonyl (C=O) groups excluding carboxylic acids is 1. The molecule has 0 unspecified atom stereocenters. The summed E-state index contributed by atoms with van der Waals surface area (Å²) >= 11 is 0. The van der Waals surface area contributed by atoms with Crippen molar-refractivity contribution >= 4 is 6.47 Å². The SMILES string of the molecule is O=CO[O-].[H-].[Na+].[Na+]. The van der Waals surface area contributed by atoms with E-state index in [2.05, 4.69) is 4.89 Å². The van der Waals surface area contributed by atoms with Gasteiger partial charge in [-0.15, -0.1) is 0 Å². The van der Waals surface area contributed by atoms with Gasteiger partial charge in [0, 0.05) is 0 Å². The van der Waals surface area contributed by atoms with E-state index in [0.717, 1.165) is 0 Å². The molecule has 0 aromatic rings. The Morgan fingerprint density at radius 3 is 1.83 bits per heavy atom. The van der Waals surface area contributed by atoms with Crippen molar-refractivity contribution in [3.8, 4) is 0 Å². The average molecular weight is 108 g/mol. The fourth-order valence-corrected chi connectivity index (χ4v) is 0. The Hall–Kier alpha value is 1.43. The fourth-order valence-electron chi connectivity index (χ4n) is 0. The summed E-state index contributed by atoms with van der Waals surface area (Å²) in [5.41, 5.74) is 0. The number of rotatable bonds is 1. The Morgan fingerprint density at radius 1 is 1.67 bits per heavy atom. The first-order valence-electron chi connectivity index (χ1n) is 0.638. The van der Waals surface area contributed by atoms with Crippen molar-refractivity contribution in [3.05, 3.63) is 0 Å². The molecule has 0 saturated carbocycles. The van der Waals surface area contributed by atoms with Crippen molar-refractivity contribution in [2.75, 3.05) is 0 Å². The zero-order valence-electron chi connectivity index (χ0n) is 4.80. The van der Waals surface area contributed by atoms with Crippen LogP contribution >= 0.6 is 0 Å². The van der Waals surface area contributed by atoms with Crippen molar-refractivity contribution in [1.29, 1.82) is 0 Å². The van der Waals surface area contributed by atoms with Gasteiger partial charge in [0.15, 0.2) is 0 Å². The van der Waals surface area contributed by atoms with Crippen molar-refractivity contribution in [2.45, 2.75) is 0 Å². The zero-order valence-corrected chi connectivity index (χ0v) is 7.80. The predicted molar refractivity (Wildman–Crippen MR) is 8.26 cm³/mol. The van der Waals surface area contributed by atoms with Crippen LogP contribution in [0.2, 0.25) is 0 Å². The van der Waals surface area contributed by atoms with Crippen LogP contribution in [-0.2, 0) is 9.68 Å². The smallest absolute Gasteiger partial charge is 1.00 e. The summed E-state index contributed by atoms with van der Waals surface area (Å²) in [6.45, 7) is -0.181. The number of hydrogen-bond donors (Lipinski definition) is 0. The van der Waals surface area contributed by atoms with Crippen LogP contribution in [0.1, 0.15) is 1.43 Å². The molecule has 0 aromatic heterocycles. The molecule has 26 valence electrons. The maximum atomic E-state index is 8.64. The molecule has 6 heavy (non-hydrogen) atoms. The molecule has 0 N–H and O–H groups in total. The molecule has 0 bridgehead atoms. The minimum absolute atomic E-state index is 0. The monoisotopic (exact) mass is 108 g/mol. The van der Waals surface area contributed by atoms with Gasteiger partial charge >= 0.3 is 59.1 Å². The molecule has 0 amide bonds. The number of hydrogen-bond acceptors (Lipinski definition) is 3. The summed E-state index contributed by atoms with van der Waals surface area (Å²) in [7, 11) is 0. The second-order valence-electron chi connectivity index (χ2n) is 0.192. The van der Waals surface area contributed by atoms with Gasteiger partial charge in [0.1, 0.15) is 0 Å². The van der Waals surface area contributed by atoms with E-state index in [4.69, 9.17) is 10.1 Å². The number of carbonyl (C=O) groups is 1. The standard InChI is InChI=1S/CH2O3.2Na.H/c2-1-4-3;;;/h1,3H;;;/q;2*+1;-1/p-1. The Bertz CT molecular complexity index is 26.9. The van der Waals surface area contributed by atoms with E-state index in [-0.39, 0.29) is 67.0 Å². The van der Waals surface area contributed by atoms with E-state index < -0.39 is 0 Å². The molecule has 0 atom stereocenters. The maximum Gasteiger partial charge on any atom is 1.00 e. The van der Waals surface area contributed by atoms with Gasteiger partial charge in [0.25, 0.3) is 6.47 Å². The Balaban J connectivity index is -0.0000000150. The van der Waals surface area contributed by atoms with Crippen LogP contribution in [0.4, 0.5) is 0 Å². The van der Waals surface area contributed by atoms with Crippen LogP contribution in [-0.4, -0.2) is 6.47 Å². The molecule has 0 aromatic carbocycles. The first-order valence-corrected chi connectivity index (χ1v) is 0.638. The normalized spacial score (nSPS) is 3.50. The Kier molecular flexibility index (Phi) is 42.0. The molecule has 0 radical (unpaired) electrons. The van der Waals surface area contributed by atoms with Crippen molar-refractivity contribution in [3.63, 3.8) is 0 Å². The summed E-state index contributed by atoms with van der Waals surface area (Å²) in [6.07, 6.45) is 0. The van der Waals surface area contributed by atoms with Crippen LogP contribution in [0.5, 0.6) is 0 Å². The summed E-state index contributed by atoms with van der Waals surface area (Å²) in [4.78, 5) is 11.2. The van der Waals surface area contributed by atoms with Crippen molar-refractivity contribution < 1.29 is 75.5 Å². The second-order valence-corrected chi connectivity index (χ2v) is 0.192. The first-order chi connectivity index (χ1) is 1.91. The third-order valence-electron chi connectivity index (χ3n) is 0.0393. The third kappa shape index (κ3) is 18.0. The van der Waals surface area contributed by atoms with Gasteiger partial charge in [-0.25, -0.2) is 0 Å². The van der Waals surface area contributed by atoms with E-state index in [9.17, 15) is 0 Å². The molecule has 0 spiro atoms. The quantitative estimate of drug-likeness (QED) is 0.145. The summed E-state index contributed by atoms with van der Waals surface area (Å²) in [6, 6.07) is 0. The van der Waals surface area contributed by atoms with Crippen LogP contribution in [0.15, 0.2) is 0 Å². The second kappa shape index (κ2) is 16.1. The molecule has 0 aliphatic carbocycles. The van der Waals surface area contributed by atoms with Gasteiger partial charge in [0.05, 0.1) is 0 Å². The largest absolute Gasteiger partial charge is 1.00 e. The summed E-state index contributed by atoms with van der Waals surface area (Å²) in [5, 5.41) is 8.43. The molecular formula is CH2Na2O3. The van der Waals surface area contributed by atoms with Gasteiger partial charge in [0.2, 0.25) is 0 Å². The van der Waals surface area contributed by atoms with Crippen LogP contribution in [0, 0.1) is 0 Å². The molecule has 0 aliphatic heterocycles. The molecule has 0 fully saturated rings. The van der Waals surface area contributed by atoms with Gasteiger partial charge < -0.3 is 11.6 Å². The van der Waals surface area contributed by atoms with Crippen LogP contribution in [0.25, 0.3) is 0 Å². The van der Waals surface area contributed by atoms with E-state index >= 15 is 0 Å². The maximum absolute atomic E-state index is 8.64. The van der Waals surface area contributed by atoms with Gasteiger partial charge in [-0.2, -0.15) is 0 Å². The summed E-state index contributed by atoms with van der Waals surface area (Å²) < 4.78 is 0. The van der Waals surface area contributed by atoms with E-state index in [1.54, 1.807) is 0 Å². The van der Waals surface area contributed by atoms with E-state index in [1.165, 1.54) is 0 Å². The van der Waals surface area contributed by atoms with Gasteiger partial charge in [-0.05, 0) is 0 Å². The Morgan fingerprint density at radius 2 is 1.83 bits per heavy atom. The molecule has 5 heteroatoms. The molecule has 0 saturated heterocycles.